The number of allylic oxidation sites excluding steroid dienone is 1. The third-order valence-electron chi connectivity index (χ3n) is 6.56. The van der Waals surface area contributed by atoms with E-state index in [0.29, 0.717) is 17.0 Å². The monoisotopic (exact) mass is 488 g/mol. The second-order valence-electron chi connectivity index (χ2n) is 8.76. The van der Waals surface area contributed by atoms with Crippen molar-refractivity contribution in [1.82, 2.24) is 9.78 Å². The van der Waals surface area contributed by atoms with Crippen LogP contribution in [0.2, 0.25) is 5.02 Å². The summed E-state index contributed by atoms with van der Waals surface area (Å²) in [7, 11) is 0. The van der Waals surface area contributed by atoms with Crippen LogP contribution in [0.15, 0.2) is 66.9 Å². The normalized spacial score (nSPS) is 16.8. The van der Waals surface area contributed by atoms with Crippen LogP contribution < -0.4 is 0 Å². The Labute approximate surface area is 209 Å². The molecule has 0 aliphatic carbocycles. The topological polar surface area (TPSA) is 44.1 Å². The van der Waals surface area contributed by atoms with Crippen LogP contribution in [-0.2, 0) is 4.74 Å². The van der Waals surface area contributed by atoms with E-state index >= 15 is 0 Å². The van der Waals surface area contributed by atoms with Gasteiger partial charge >= 0.3 is 0 Å². The first-order valence-corrected chi connectivity index (χ1v) is 12.3. The molecule has 1 saturated heterocycles. The lowest BCUT2D eigenvalue weighted by molar-refractivity contribution is -0.0366. The summed E-state index contributed by atoms with van der Waals surface area (Å²) in [6.07, 6.45) is 6.52. The van der Waals surface area contributed by atoms with Gasteiger partial charge in [0.1, 0.15) is 12.1 Å². The Bertz CT molecular complexity index is 1400. The SMILES string of the molecule is CC/C(=C(\c1ccc(C=O)cc1)c1ccc2c(cnn2C2CCCCO2)c1)c1ccc(F)cc1Cl. The van der Waals surface area contributed by atoms with Gasteiger partial charge in [0.25, 0.3) is 0 Å². The van der Waals surface area contributed by atoms with E-state index in [9.17, 15) is 9.18 Å². The number of carbonyl (C=O) groups is 1. The van der Waals surface area contributed by atoms with Gasteiger partial charge in [0.15, 0.2) is 6.23 Å². The highest BCUT2D eigenvalue weighted by molar-refractivity contribution is 6.32. The van der Waals surface area contributed by atoms with Gasteiger partial charge in [-0.05, 0) is 77.8 Å². The van der Waals surface area contributed by atoms with Crippen molar-refractivity contribution in [3.05, 3.63) is 100.0 Å². The lowest BCUT2D eigenvalue weighted by Gasteiger charge is -2.23. The molecule has 2 heterocycles. The summed E-state index contributed by atoms with van der Waals surface area (Å²) in [6.45, 7) is 2.82. The third kappa shape index (κ3) is 4.66. The number of carbonyl (C=O) groups excluding carboxylic acids is 1. The standard InChI is InChI=1S/C29H26ClFN2O2/c1-2-24(25-12-11-23(31)16-26(25)30)29(20-8-6-19(18-34)7-9-20)21-10-13-27-22(15-21)17-32-33(27)28-5-3-4-14-35-28/h6-13,15-18,28H,2-5,14H2,1H3/b29-24-. The van der Waals surface area contributed by atoms with E-state index in [1.807, 2.05) is 23.0 Å². The summed E-state index contributed by atoms with van der Waals surface area (Å²) >= 11 is 6.51. The minimum atomic E-state index is -0.371. The van der Waals surface area contributed by atoms with Crippen LogP contribution in [0.5, 0.6) is 0 Å². The maximum absolute atomic E-state index is 13.8. The number of aromatic nitrogens is 2. The second kappa shape index (κ2) is 10.1. The Kier molecular flexibility index (Phi) is 6.80. The van der Waals surface area contributed by atoms with Crippen molar-refractivity contribution in [2.45, 2.75) is 38.8 Å². The van der Waals surface area contributed by atoms with Crippen LogP contribution in [-0.4, -0.2) is 22.7 Å². The molecule has 1 fully saturated rings. The molecule has 1 aliphatic heterocycles. The largest absolute Gasteiger partial charge is 0.356 e. The highest BCUT2D eigenvalue weighted by Crippen LogP contribution is 2.38. The van der Waals surface area contributed by atoms with Crippen LogP contribution >= 0.6 is 11.6 Å². The van der Waals surface area contributed by atoms with E-state index < -0.39 is 0 Å². The second-order valence-corrected chi connectivity index (χ2v) is 9.16. The Morgan fingerprint density at radius 1 is 1.11 bits per heavy atom. The molecule has 0 bridgehead atoms. The van der Waals surface area contributed by atoms with E-state index in [-0.39, 0.29) is 12.0 Å². The number of fused-ring (bicyclic) bond motifs is 1. The average molecular weight is 489 g/mol. The van der Waals surface area contributed by atoms with E-state index in [1.165, 1.54) is 12.1 Å². The van der Waals surface area contributed by atoms with Crippen LogP contribution in [0.4, 0.5) is 4.39 Å². The van der Waals surface area contributed by atoms with Gasteiger partial charge in [-0.2, -0.15) is 5.10 Å². The molecule has 1 unspecified atom stereocenters. The molecule has 4 nitrogen and oxygen atoms in total. The molecule has 178 valence electrons. The van der Waals surface area contributed by atoms with Crippen LogP contribution in [0.3, 0.4) is 0 Å². The first-order chi connectivity index (χ1) is 17.1. The highest BCUT2D eigenvalue weighted by Gasteiger charge is 2.20. The van der Waals surface area contributed by atoms with Crippen LogP contribution in [0.1, 0.15) is 65.9 Å². The molecule has 35 heavy (non-hydrogen) atoms. The van der Waals surface area contributed by atoms with Crippen molar-refractivity contribution in [1.29, 1.82) is 0 Å². The number of rotatable bonds is 6. The maximum Gasteiger partial charge on any atom is 0.150 e. The number of halogens is 2. The summed E-state index contributed by atoms with van der Waals surface area (Å²) in [4.78, 5) is 11.2. The zero-order valence-corrected chi connectivity index (χ0v) is 20.3. The summed E-state index contributed by atoms with van der Waals surface area (Å²) in [6, 6.07) is 18.3. The third-order valence-corrected chi connectivity index (χ3v) is 6.87. The van der Waals surface area contributed by atoms with E-state index in [2.05, 4.69) is 30.2 Å². The Morgan fingerprint density at radius 2 is 1.91 bits per heavy atom. The summed E-state index contributed by atoms with van der Waals surface area (Å²) in [5.74, 6) is -0.371. The van der Waals surface area contributed by atoms with Gasteiger partial charge in [-0.15, -0.1) is 0 Å². The Balaban J connectivity index is 1.69. The summed E-state index contributed by atoms with van der Waals surface area (Å²) in [5, 5.41) is 6.02. The quantitative estimate of drug-likeness (QED) is 0.206. The zero-order valence-electron chi connectivity index (χ0n) is 19.5. The number of ether oxygens (including phenoxy) is 1. The van der Waals surface area contributed by atoms with Crippen molar-refractivity contribution in [2.24, 2.45) is 0 Å². The Hall–Kier alpha value is -3.28. The lowest BCUT2D eigenvalue weighted by atomic mass is 9.87. The van der Waals surface area contributed by atoms with Crippen molar-refractivity contribution < 1.29 is 13.9 Å². The fraction of sp³-hybridized carbons (Fsp3) is 0.241. The predicted octanol–water partition coefficient (Wildman–Crippen LogP) is 7.71. The minimum Gasteiger partial charge on any atom is -0.356 e. The molecule has 5 rings (SSSR count). The zero-order chi connectivity index (χ0) is 24.4. The summed E-state index contributed by atoms with van der Waals surface area (Å²) in [5.41, 5.74) is 6.35. The molecule has 0 N–H and O–H groups in total. The first kappa shape index (κ1) is 23.5. The van der Waals surface area contributed by atoms with E-state index in [1.54, 1.807) is 18.2 Å². The van der Waals surface area contributed by atoms with Crippen molar-refractivity contribution in [3.63, 3.8) is 0 Å². The maximum atomic E-state index is 13.8. The number of hydrogen-bond donors (Lipinski definition) is 0. The van der Waals surface area contributed by atoms with Crippen molar-refractivity contribution in [2.75, 3.05) is 6.61 Å². The van der Waals surface area contributed by atoms with Gasteiger partial charge < -0.3 is 4.74 Å². The molecule has 4 aromatic rings. The molecular weight excluding hydrogens is 463 g/mol. The molecule has 0 saturated carbocycles. The molecule has 0 spiro atoms. The van der Waals surface area contributed by atoms with Gasteiger partial charge in [-0.25, -0.2) is 9.07 Å². The molecule has 0 radical (unpaired) electrons. The number of aldehydes is 1. The number of nitrogens with zero attached hydrogens (tertiary/aromatic N) is 2. The average Bonchev–Trinajstić information content (AvgIpc) is 3.32. The van der Waals surface area contributed by atoms with Gasteiger partial charge in [-0.3, -0.25) is 4.79 Å². The molecule has 1 aromatic heterocycles. The number of benzene rings is 3. The van der Waals surface area contributed by atoms with Crippen LogP contribution in [0, 0.1) is 5.82 Å². The van der Waals surface area contributed by atoms with E-state index in [4.69, 9.17) is 16.3 Å². The van der Waals surface area contributed by atoms with Gasteiger partial charge in [-0.1, -0.05) is 54.9 Å². The van der Waals surface area contributed by atoms with Crippen LogP contribution in [0.25, 0.3) is 22.0 Å². The molecule has 3 aromatic carbocycles. The van der Waals surface area contributed by atoms with Gasteiger partial charge in [0, 0.05) is 17.6 Å². The molecule has 1 atom stereocenters. The predicted molar refractivity (Wildman–Crippen MR) is 138 cm³/mol. The lowest BCUT2D eigenvalue weighted by Crippen LogP contribution is -2.18. The molecule has 0 amide bonds. The fourth-order valence-electron chi connectivity index (χ4n) is 4.83. The molecule has 1 aliphatic rings. The van der Waals surface area contributed by atoms with Crippen molar-refractivity contribution in [3.8, 4) is 0 Å². The van der Waals surface area contributed by atoms with Gasteiger partial charge in [0.05, 0.1) is 16.7 Å². The molecule has 6 heteroatoms. The highest BCUT2D eigenvalue weighted by atomic mass is 35.5. The fourth-order valence-corrected chi connectivity index (χ4v) is 5.12. The first-order valence-electron chi connectivity index (χ1n) is 11.9. The van der Waals surface area contributed by atoms with Crippen molar-refractivity contribution >= 4 is 39.9 Å². The summed E-state index contributed by atoms with van der Waals surface area (Å²) < 4.78 is 21.7. The number of hydrogen-bond acceptors (Lipinski definition) is 3. The van der Waals surface area contributed by atoms with Gasteiger partial charge in [0.2, 0.25) is 0 Å². The minimum absolute atomic E-state index is 0.0396. The molecular formula is C29H26ClFN2O2. The Morgan fingerprint density at radius 3 is 2.60 bits per heavy atom. The smallest absolute Gasteiger partial charge is 0.150 e. The van der Waals surface area contributed by atoms with E-state index in [0.717, 1.165) is 70.9 Å².